The van der Waals surface area contributed by atoms with Gasteiger partial charge in [0.15, 0.2) is 5.69 Å². The van der Waals surface area contributed by atoms with E-state index in [0.717, 1.165) is 37.6 Å². The molecule has 1 aliphatic heterocycles. The number of nitrogens with zero attached hydrogens (tertiary/aromatic N) is 5. The monoisotopic (exact) mass is 351 g/mol. The predicted octanol–water partition coefficient (Wildman–Crippen LogP) is 1.99. The lowest BCUT2D eigenvalue weighted by Gasteiger charge is -2.36. The Morgan fingerprint density at radius 2 is 1.85 bits per heavy atom. The fourth-order valence-corrected chi connectivity index (χ4v) is 3.22. The van der Waals surface area contributed by atoms with Crippen LogP contribution in [0.1, 0.15) is 33.1 Å². The second-order valence-corrected chi connectivity index (χ2v) is 6.39. The molecule has 134 valence electrons. The maximum absolute atomic E-state index is 11.3. The highest BCUT2D eigenvalue weighted by Crippen LogP contribution is 2.21. The molecule has 1 N–H and O–H groups in total. The molecule has 1 aliphatic rings. The largest absolute Gasteiger partial charge is 0.476 e. The van der Waals surface area contributed by atoms with Gasteiger partial charge in [0.25, 0.3) is 0 Å². The maximum Gasteiger partial charge on any atom is 0.356 e. The average molecular weight is 351 g/mol. The Hall–Kier alpha value is -2.98. The molecule has 1 fully saturated rings. The Bertz CT molecular complexity index is 867. The molecule has 0 saturated carbocycles. The molecule has 7 nitrogen and oxygen atoms in total. The number of aromatic carboxylic acids is 1. The van der Waals surface area contributed by atoms with Crippen molar-refractivity contribution in [3.8, 4) is 6.07 Å². The van der Waals surface area contributed by atoms with Crippen molar-refractivity contribution in [3.63, 3.8) is 0 Å². The molecule has 1 saturated heterocycles. The Morgan fingerprint density at radius 3 is 2.50 bits per heavy atom. The summed E-state index contributed by atoms with van der Waals surface area (Å²) < 4.78 is 0. The zero-order valence-electron chi connectivity index (χ0n) is 14.9. The summed E-state index contributed by atoms with van der Waals surface area (Å²) in [4.78, 5) is 24.4. The fourth-order valence-electron chi connectivity index (χ4n) is 3.22. The van der Waals surface area contributed by atoms with Crippen molar-refractivity contribution >= 4 is 11.7 Å². The first-order valence-electron chi connectivity index (χ1n) is 8.53. The minimum absolute atomic E-state index is 0.0205. The van der Waals surface area contributed by atoms with Gasteiger partial charge in [-0.15, -0.1) is 0 Å². The van der Waals surface area contributed by atoms with E-state index in [4.69, 9.17) is 0 Å². The molecule has 1 aromatic heterocycles. The van der Waals surface area contributed by atoms with Crippen molar-refractivity contribution in [2.24, 2.45) is 0 Å². The molecule has 2 aromatic rings. The highest BCUT2D eigenvalue weighted by Gasteiger charge is 2.21. The molecular formula is C19H21N5O2. The van der Waals surface area contributed by atoms with E-state index < -0.39 is 5.97 Å². The summed E-state index contributed by atoms with van der Waals surface area (Å²) in [6.45, 7) is 7.35. The summed E-state index contributed by atoms with van der Waals surface area (Å²) >= 11 is 0. The third-order valence-electron chi connectivity index (χ3n) is 4.66. The first-order valence-corrected chi connectivity index (χ1v) is 8.53. The Morgan fingerprint density at radius 1 is 1.15 bits per heavy atom. The lowest BCUT2D eigenvalue weighted by molar-refractivity contribution is 0.0688. The standard InChI is InChI=1S/C19H21N5O2/c1-13-16(22-18(19(25)26)14(2)21-13)12-23-7-9-24(10-8-23)17-6-4-3-5-15(17)11-20/h3-6H,7-10,12H2,1-2H3,(H,25,26). The van der Waals surface area contributed by atoms with Gasteiger partial charge >= 0.3 is 5.97 Å². The van der Waals surface area contributed by atoms with E-state index in [2.05, 4.69) is 25.8 Å². The van der Waals surface area contributed by atoms with Crippen molar-refractivity contribution in [2.75, 3.05) is 31.1 Å². The van der Waals surface area contributed by atoms with Gasteiger partial charge < -0.3 is 10.0 Å². The van der Waals surface area contributed by atoms with Crippen LogP contribution in [0.3, 0.4) is 0 Å². The van der Waals surface area contributed by atoms with Gasteiger partial charge in [-0.25, -0.2) is 9.78 Å². The number of aryl methyl sites for hydroxylation is 2. The third kappa shape index (κ3) is 3.65. The van der Waals surface area contributed by atoms with E-state index in [-0.39, 0.29) is 5.69 Å². The van der Waals surface area contributed by atoms with Crippen molar-refractivity contribution in [1.29, 1.82) is 5.26 Å². The molecule has 0 radical (unpaired) electrons. The van der Waals surface area contributed by atoms with Gasteiger partial charge in [-0.05, 0) is 26.0 Å². The number of aromatic nitrogens is 2. The number of hydrogen-bond donors (Lipinski definition) is 1. The summed E-state index contributed by atoms with van der Waals surface area (Å²) in [5.74, 6) is -1.05. The fraction of sp³-hybridized carbons (Fsp3) is 0.368. The topological polar surface area (TPSA) is 93.3 Å². The summed E-state index contributed by atoms with van der Waals surface area (Å²) in [5, 5.41) is 18.5. The Labute approximate surface area is 152 Å². The molecule has 3 rings (SSSR count). The van der Waals surface area contributed by atoms with E-state index in [1.54, 1.807) is 6.92 Å². The molecule has 2 heterocycles. The highest BCUT2D eigenvalue weighted by molar-refractivity contribution is 5.86. The number of para-hydroxylation sites is 1. The molecule has 0 atom stereocenters. The summed E-state index contributed by atoms with van der Waals surface area (Å²) in [6.07, 6.45) is 0. The van der Waals surface area contributed by atoms with Crippen molar-refractivity contribution in [2.45, 2.75) is 20.4 Å². The second-order valence-electron chi connectivity index (χ2n) is 6.39. The number of piperazine rings is 1. The summed E-state index contributed by atoms with van der Waals surface area (Å²) in [6, 6.07) is 9.87. The Kier molecular flexibility index (Phi) is 5.14. The first-order chi connectivity index (χ1) is 12.5. The molecule has 0 spiro atoms. The number of rotatable bonds is 4. The number of hydrogen-bond acceptors (Lipinski definition) is 6. The van der Waals surface area contributed by atoms with Crippen LogP contribution in [-0.4, -0.2) is 52.1 Å². The molecule has 26 heavy (non-hydrogen) atoms. The van der Waals surface area contributed by atoms with Gasteiger partial charge in [-0.2, -0.15) is 5.26 Å². The number of nitriles is 1. The minimum atomic E-state index is -1.05. The molecule has 0 unspecified atom stereocenters. The van der Waals surface area contributed by atoms with Gasteiger partial charge in [0, 0.05) is 32.7 Å². The van der Waals surface area contributed by atoms with Crippen molar-refractivity contribution in [1.82, 2.24) is 14.9 Å². The predicted molar refractivity (Wildman–Crippen MR) is 97.1 cm³/mol. The van der Waals surface area contributed by atoms with Crippen molar-refractivity contribution in [3.05, 3.63) is 52.6 Å². The normalized spacial score (nSPS) is 14.9. The first kappa shape index (κ1) is 17.8. The average Bonchev–Trinajstić information content (AvgIpc) is 2.64. The lowest BCUT2D eigenvalue weighted by Crippen LogP contribution is -2.46. The molecule has 0 bridgehead atoms. The quantitative estimate of drug-likeness (QED) is 0.900. The molecular weight excluding hydrogens is 330 g/mol. The molecule has 0 aliphatic carbocycles. The second kappa shape index (κ2) is 7.50. The van der Waals surface area contributed by atoms with Crippen LogP contribution in [0.2, 0.25) is 0 Å². The van der Waals surface area contributed by atoms with E-state index in [1.165, 1.54) is 0 Å². The summed E-state index contributed by atoms with van der Waals surface area (Å²) in [5.41, 5.74) is 3.59. The van der Waals surface area contributed by atoms with Crippen LogP contribution >= 0.6 is 0 Å². The van der Waals surface area contributed by atoms with Crippen LogP contribution in [-0.2, 0) is 6.54 Å². The van der Waals surface area contributed by atoms with Gasteiger partial charge in [0.1, 0.15) is 6.07 Å². The number of carboxylic acids is 1. The van der Waals surface area contributed by atoms with Crippen LogP contribution in [0.25, 0.3) is 0 Å². The lowest BCUT2D eigenvalue weighted by atomic mass is 10.1. The number of anilines is 1. The van der Waals surface area contributed by atoms with Crippen LogP contribution in [0.5, 0.6) is 0 Å². The van der Waals surface area contributed by atoms with Crippen LogP contribution in [0.15, 0.2) is 24.3 Å². The summed E-state index contributed by atoms with van der Waals surface area (Å²) in [7, 11) is 0. The maximum atomic E-state index is 11.3. The minimum Gasteiger partial charge on any atom is -0.476 e. The van der Waals surface area contributed by atoms with E-state index in [0.29, 0.717) is 23.5 Å². The number of benzene rings is 1. The van der Waals surface area contributed by atoms with Crippen molar-refractivity contribution < 1.29 is 9.90 Å². The molecule has 7 heteroatoms. The van der Waals surface area contributed by atoms with E-state index in [1.807, 2.05) is 31.2 Å². The van der Waals surface area contributed by atoms with Gasteiger partial charge in [-0.1, -0.05) is 12.1 Å². The highest BCUT2D eigenvalue weighted by atomic mass is 16.4. The van der Waals surface area contributed by atoms with Gasteiger partial charge in [-0.3, -0.25) is 9.88 Å². The molecule has 1 aromatic carbocycles. The zero-order chi connectivity index (χ0) is 18.7. The van der Waals surface area contributed by atoms with E-state index in [9.17, 15) is 15.2 Å². The number of carbonyl (C=O) groups is 1. The van der Waals surface area contributed by atoms with Crippen LogP contribution in [0, 0.1) is 25.2 Å². The SMILES string of the molecule is Cc1nc(C)c(C(=O)O)nc1CN1CCN(c2ccccc2C#N)CC1. The Balaban J connectivity index is 1.69. The van der Waals surface area contributed by atoms with Crippen LogP contribution in [0.4, 0.5) is 5.69 Å². The number of carboxylic acid groups (broad SMARTS) is 1. The third-order valence-corrected chi connectivity index (χ3v) is 4.66. The zero-order valence-corrected chi connectivity index (χ0v) is 14.9. The van der Waals surface area contributed by atoms with Gasteiger partial charge in [0.2, 0.25) is 0 Å². The molecule has 0 amide bonds. The van der Waals surface area contributed by atoms with Crippen LogP contribution < -0.4 is 4.90 Å². The smallest absolute Gasteiger partial charge is 0.356 e. The van der Waals surface area contributed by atoms with E-state index >= 15 is 0 Å². The van der Waals surface area contributed by atoms with Gasteiger partial charge in [0.05, 0.1) is 28.3 Å².